The van der Waals surface area contributed by atoms with Crippen molar-refractivity contribution in [2.75, 3.05) is 19.5 Å². The molecule has 1 aliphatic carbocycles. The van der Waals surface area contributed by atoms with Crippen LogP contribution >= 0.6 is 0 Å². The molecule has 0 aliphatic heterocycles. The van der Waals surface area contributed by atoms with Crippen LogP contribution in [0.4, 0.5) is 5.69 Å². The lowest BCUT2D eigenvalue weighted by Crippen LogP contribution is -2.18. The van der Waals surface area contributed by atoms with Gasteiger partial charge in [0.1, 0.15) is 0 Å². The lowest BCUT2D eigenvalue weighted by atomic mass is 10.1. The van der Waals surface area contributed by atoms with Crippen molar-refractivity contribution >= 4 is 23.5 Å². The van der Waals surface area contributed by atoms with Gasteiger partial charge >= 0.3 is 11.9 Å². The first-order valence-electron chi connectivity index (χ1n) is 8.21. The highest BCUT2D eigenvalue weighted by Gasteiger charge is 2.44. The van der Waals surface area contributed by atoms with Gasteiger partial charge in [-0.2, -0.15) is 0 Å². The van der Waals surface area contributed by atoms with Crippen LogP contribution in [0.3, 0.4) is 0 Å². The van der Waals surface area contributed by atoms with E-state index in [0.717, 1.165) is 12.0 Å². The number of carbonyl (C=O) groups is 3. The molecule has 1 amide bonds. The Hall–Kier alpha value is -3.15. The molecule has 0 heterocycles. The summed E-state index contributed by atoms with van der Waals surface area (Å²) in [5.74, 6) is -1.32. The Labute approximate surface area is 151 Å². The monoisotopic (exact) mass is 353 g/mol. The summed E-state index contributed by atoms with van der Waals surface area (Å²) >= 11 is 0. The van der Waals surface area contributed by atoms with E-state index >= 15 is 0 Å². The highest BCUT2D eigenvalue weighted by Crippen LogP contribution is 2.48. The Morgan fingerprint density at radius 3 is 2.31 bits per heavy atom. The Kier molecular flexibility index (Phi) is 5.02. The summed E-state index contributed by atoms with van der Waals surface area (Å²) in [6.45, 7) is 0. The molecular weight excluding hydrogens is 334 g/mol. The Morgan fingerprint density at radius 2 is 1.65 bits per heavy atom. The molecule has 3 rings (SSSR count). The zero-order chi connectivity index (χ0) is 18.7. The van der Waals surface area contributed by atoms with Gasteiger partial charge in [0, 0.05) is 5.92 Å². The summed E-state index contributed by atoms with van der Waals surface area (Å²) in [5.41, 5.74) is 1.78. The number of rotatable bonds is 5. The first-order valence-corrected chi connectivity index (χ1v) is 8.21. The molecule has 0 radical (unpaired) electrons. The van der Waals surface area contributed by atoms with Gasteiger partial charge in [-0.25, -0.2) is 9.59 Å². The quantitative estimate of drug-likeness (QED) is 0.836. The molecule has 2 atom stereocenters. The maximum Gasteiger partial charge on any atom is 0.339 e. The van der Waals surface area contributed by atoms with Gasteiger partial charge in [-0.15, -0.1) is 0 Å². The summed E-state index contributed by atoms with van der Waals surface area (Å²) < 4.78 is 9.44. The number of amides is 1. The molecule has 6 nitrogen and oxygen atoms in total. The second kappa shape index (κ2) is 7.39. The molecule has 1 N–H and O–H groups in total. The van der Waals surface area contributed by atoms with E-state index in [1.165, 1.54) is 32.4 Å². The maximum atomic E-state index is 12.6. The minimum absolute atomic E-state index is 0.162. The summed E-state index contributed by atoms with van der Waals surface area (Å²) in [6.07, 6.45) is 0.750. The molecule has 1 fully saturated rings. The largest absolute Gasteiger partial charge is 0.465 e. The van der Waals surface area contributed by atoms with Crippen LogP contribution in [-0.4, -0.2) is 32.1 Å². The van der Waals surface area contributed by atoms with Crippen LogP contribution in [0.1, 0.15) is 38.6 Å². The van der Waals surface area contributed by atoms with E-state index < -0.39 is 11.9 Å². The SMILES string of the molecule is COC(=O)c1ccc(C(=O)OC)c(NC(=O)[C@@H]2C[C@H]2c2ccccc2)c1. The summed E-state index contributed by atoms with van der Waals surface area (Å²) in [5, 5.41) is 2.76. The molecule has 26 heavy (non-hydrogen) atoms. The number of carbonyl (C=O) groups excluding carboxylic acids is 3. The van der Waals surface area contributed by atoms with E-state index in [9.17, 15) is 14.4 Å². The third kappa shape index (κ3) is 3.59. The average Bonchev–Trinajstić information content (AvgIpc) is 3.48. The van der Waals surface area contributed by atoms with Crippen molar-refractivity contribution in [2.45, 2.75) is 12.3 Å². The highest BCUT2D eigenvalue weighted by molar-refractivity contribution is 6.04. The third-order valence-corrected chi connectivity index (χ3v) is 4.46. The van der Waals surface area contributed by atoms with Gasteiger partial charge in [0.25, 0.3) is 0 Å². The first kappa shape index (κ1) is 17.7. The van der Waals surface area contributed by atoms with Crippen LogP contribution in [0.25, 0.3) is 0 Å². The molecule has 0 saturated heterocycles. The molecular formula is C20H19NO5. The third-order valence-electron chi connectivity index (χ3n) is 4.46. The molecule has 0 spiro atoms. The van der Waals surface area contributed by atoms with Crippen molar-refractivity contribution in [1.82, 2.24) is 0 Å². The van der Waals surface area contributed by atoms with Gasteiger partial charge in [0.05, 0.1) is 31.0 Å². The number of nitrogens with one attached hydrogen (secondary N) is 1. The van der Waals surface area contributed by atoms with Crippen LogP contribution in [0.2, 0.25) is 0 Å². The normalized spacial score (nSPS) is 17.9. The van der Waals surface area contributed by atoms with Crippen LogP contribution in [-0.2, 0) is 14.3 Å². The Bertz CT molecular complexity index is 847. The van der Waals surface area contributed by atoms with E-state index in [0.29, 0.717) is 0 Å². The van der Waals surface area contributed by atoms with Crippen molar-refractivity contribution in [3.05, 3.63) is 65.2 Å². The predicted molar refractivity (Wildman–Crippen MR) is 95.0 cm³/mol. The number of anilines is 1. The summed E-state index contributed by atoms with van der Waals surface area (Å²) in [6, 6.07) is 14.1. The fourth-order valence-corrected chi connectivity index (χ4v) is 2.96. The zero-order valence-corrected chi connectivity index (χ0v) is 14.5. The van der Waals surface area contributed by atoms with Crippen molar-refractivity contribution in [1.29, 1.82) is 0 Å². The van der Waals surface area contributed by atoms with Crippen LogP contribution < -0.4 is 5.32 Å². The molecule has 1 aliphatic rings. The minimum atomic E-state index is -0.591. The van der Waals surface area contributed by atoms with Gasteiger partial charge < -0.3 is 14.8 Å². The van der Waals surface area contributed by atoms with E-state index in [4.69, 9.17) is 4.74 Å². The molecule has 2 aromatic rings. The lowest BCUT2D eigenvalue weighted by Gasteiger charge is -2.11. The van der Waals surface area contributed by atoms with Crippen LogP contribution in [0.15, 0.2) is 48.5 Å². The molecule has 0 aromatic heterocycles. The predicted octanol–water partition coefficient (Wildman–Crippen LogP) is 3.00. The summed E-state index contributed by atoms with van der Waals surface area (Å²) in [4.78, 5) is 36.3. The van der Waals surface area contributed by atoms with Crippen molar-refractivity contribution in [3.8, 4) is 0 Å². The second-order valence-corrected chi connectivity index (χ2v) is 6.09. The second-order valence-electron chi connectivity index (χ2n) is 6.09. The molecule has 134 valence electrons. The smallest absolute Gasteiger partial charge is 0.339 e. The fraction of sp³-hybridized carbons (Fsp3) is 0.250. The van der Waals surface area contributed by atoms with E-state index in [-0.39, 0.29) is 34.6 Å². The number of methoxy groups -OCH3 is 2. The molecule has 1 saturated carbocycles. The number of hydrogen-bond donors (Lipinski definition) is 1. The number of hydrogen-bond acceptors (Lipinski definition) is 5. The van der Waals surface area contributed by atoms with Gasteiger partial charge in [0.2, 0.25) is 5.91 Å². The molecule has 6 heteroatoms. The maximum absolute atomic E-state index is 12.6. The van der Waals surface area contributed by atoms with Crippen LogP contribution in [0, 0.1) is 5.92 Å². The number of ether oxygens (including phenoxy) is 2. The van der Waals surface area contributed by atoms with Gasteiger partial charge in [-0.1, -0.05) is 30.3 Å². The van der Waals surface area contributed by atoms with Crippen molar-refractivity contribution in [2.24, 2.45) is 5.92 Å². The molecule has 2 aromatic carbocycles. The number of benzene rings is 2. The average molecular weight is 353 g/mol. The van der Waals surface area contributed by atoms with Crippen LogP contribution in [0.5, 0.6) is 0 Å². The fourth-order valence-electron chi connectivity index (χ4n) is 2.96. The van der Waals surface area contributed by atoms with E-state index in [1.807, 2.05) is 30.3 Å². The number of esters is 2. The topological polar surface area (TPSA) is 81.7 Å². The van der Waals surface area contributed by atoms with Crippen molar-refractivity contribution < 1.29 is 23.9 Å². The minimum Gasteiger partial charge on any atom is -0.465 e. The zero-order valence-electron chi connectivity index (χ0n) is 14.5. The standard InChI is InChI=1S/C20H19NO5/c1-25-19(23)13-8-9-14(20(24)26-2)17(10-13)21-18(22)16-11-15(16)12-6-4-3-5-7-12/h3-10,15-16H,11H2,1-2H3,(H,21,22)/t15-,16+/m0/s1. The summed E-state index contributed by atoms with van der Waals surface area (Å²) in [7, 11) is 2.53. The highest BCUT2D eigenvalue weighted by atomic mass is 16.5. The van der Waals surface area contributed by atoms with E-state index in [1.54, 1.807) is 0 Å². The lowest BCUT2D eigenvalue weighted by molar-refractivity contribution is -0.117. The molecule has 0 unspecified atom stereocenters. The van der Waals surface area contributed by atoms with Gasteiger partial charge in [-0.3, -0.25) is 4.79 Å². The van der Waals surface area contributed by atoms with E-state index in [2.05, 4.69) is 10.1 Å². The molecule has 0 bridgehead atoms. The van der Waals surface area contributed by atoms with Gasteiger partial charge in [0.15, 0.2) is 0 Å². The Balaban J connectivity index is 1.80. The van der Waals surface area contributed by atoms with Crippen molar-refractivity contribution in [3.63, 3.8) is 0 Å². The first-order chi connectivity index (χ1) is 12.5. The van der Waals surface area contributed by atoms with Gasteiger partial charge in [-0.05, 0) is 36.1 Å². The Morgan fingerprint density at radius 1 is 0.962 bits per heavy atom.